The number of carboxylic acids is 1. The summed E-state index contributed by atoms with van der Waals surface area (Å²) in [7, 11) is 0. The van der Waals surface area contributed by atoms with Crippen LogP contribution >= 0.6 is 0 Å². The van der Waals surface area contributed by atoms with E-state index < -0.39 is 11.4 Å². The normalized spacial score (nSPS) is 33.8. The summed E-state index contributed by atoms with van der Waals surface area (Å²) in [4.78, 5) is 12.2. The highest BCUT2D eigenvalue weighted by atomic mass is 16.4. The average molecular weight is 288 g/mol. The fourth-order valence-electron chi connectivity index (χ4n) is 4.72. The fourth-order valence-corrected chi connectivity index (χ4v) is 4.72. The first-order chi connectivity index (χ1) is 9.71. The van der Waals surface area contributed by atoms with Crippen molar-refractivity contribution in [3.05, 3.63) is 35.5 Å². The summed E-state index contributed by atoms with van der Waals surface area (Å²) in [6.45, 7) is 14.3. The Hall–Kier alpha value is -1.31. The Morgan fingerprint density at radius 2 is 2.05 bits per heavy atom. The summed E-state index contributed by atoms with van der Waals surface area (Å²) in [6.07, 6.45) is 6.99. The topological polar surface area (TPSA) is 37.3 Å². The van der Waals surface area contributed by atoms with Crippen molar-refractivity contribution in [1.82, 2.24) is 0 Å². The van der Waals surface area contributed by atoms with Crippen molar-refractivity contribution in [3.8, 4) is 0 Å². The minimum Gasteiger partial charge on any atom is -0.481 e. The van der Waals surface area contributed by atoms with Crippen molar-refractivity contribution >= 4 is 5.97 Å². The van der Waals surface area contributed by atoms with Gasteiger partial charge in [-0.1, -0.05) is 42.7 Å². The molecule has 0 aliphatic heterocycles. The molecule has 0 saturated heterocycles. The van der Waals surface area contributed by atoms with Gasteiger partial charge in [0.1, 0.15) is 0 Å². The van der Waals surface area contributed by atoms with E-state index in [4.69, 9.17) is 0 Å². The van der Waals surface area contributed by atoms with Gasteiger partial charge < -0.3 is 5.11 Å². The second-order valence-corrected chi connectivity index (χ2v) is 7.49. The van der Waals surface area contributed by atoms with E-state index >= 15 is 0 Å². The van der Waals surface area contributed by atoms with Crippen LogP contribution in [0.2, 0.25) is 0 Å². The molecule has 0 aromatic rings. The Morgan fingerprint density at radius 1 is 1.43 bits per heavy atom. The maximum Gasteiger partial charge on any atom is 0.311 e. The zero-order valence-corrected chi connectivity index (χ0v) is 14.0. The van der Waals surface area contributed by atoms with Gasteiger partial charge in [0.15, 0.2) is 0 Å². The maximum atomic E-state index is 12.2. The lowest BCUT2D eigenvalue weighted by Crippen LogP contribution is -2.30. The smallest absolute Gasteiger partial charge is 0.311 e. The highest BCUT2D eigenvalue weighted by molar-refractivity contribution is 5.83. The van der Waals surface area contributed by atoms with Crippen molar-refractivity contribution < 1.29 is 9.90 Å². The van der Waals surface area contributed by atoms with E-state index in [1.165, 1.54) is 16.7 Å². The molecule has 2 nitrogen and oxygen atoms in total. The van der Waals surface area contributed by atoms with Gasteiger partial charge in [-0.15, -0.1) is 6.58 Å². The monoisotopic (exact) mass is 288 g/mol. The van der Waals surface area contributed by atoms with Crippen molar-refractivity contribution in [2.45, 2.75) is 53.9 Å². The number of carboxylic acid groups (broad SMARTS) is 1. The number of hydrogen-bond donors (Lipinski definition) is 1. The SMILES string of the molecule is C=CCC1=C(C)[C@@H]([C@@]2(C(=O)O)C(C=C(C)C)C2(C)C)CC1. The molecule has 1 saturated carbocycles. The molecule has 0 aromatic carbocycles. The summed E-state index contributed by atoms with van der Waals surface area (Å²) in [6, 6.07) is 0. The van der Waals surface area contributed by atoms with Crippen LogP contribution in [0.1, 0.15) is 53.9 Å². The summed E-state index contributed by atoms with van der Waals surface area (Å²) in [5.41, 5.74) is 3.11. The first-order valence-electron chi connectivity index (χ1n) is 7.89. The minimum absolute atomic E-state index is 0.135. The quantitative estimate of drug-likeness (QED) is 0.724. The second-order valence-electron chi connectivity index (χ2n) is 7.49. The minimum atomic E-state index is -0.628. The van der Waals surface area contributed by atoms with Crippen molar-refractivity contribution in [1.29, 1.82) is 0 Å². The van der Waals surface area contributed by atoms with Crippen LogP contribution in [0, 0.1) is 22.7 Å². The largest absolute Gasteiger partial charge is 0.481 e. The Bertz CT molecular complexity index is 532. The molecule has 0 bridgehead atoms. The molecule has 1 fully saturated rings. The van der Waals surface area contributed by atoms with E-state index in [-0.39, 0.29) is 17.3 Å². The fraction of sp³-hybridized carbons (Fsp3) is 0.632. The van der Waals surface area contributed by atoms with Crippen LogP contribution in [0.15, 0.2) is 35.5 Å². The first-order valence-corrected chi connectivity index (χ1v) is 7.89. The van der Waals surface area contributed by atoms with E-state index in [0.717, 1.165) is 19.3 Å². The molecule has 0 heterocycles. The number of hydrogen-bond acceptors (Lipinski definition) is 1. The molecule has 2 aliphatic carbocycles. The molecule has 1 unspecified atom stereocenters. The number of rotatable bonds is 5. The molecule has 0 aromatic heterocycles. The third kappa shape index (κ3) is 2.11. The molecule has 0 spiro atoms. The van der Waals surface area contributed by atoms with E-state index in [1.807, 2.05) is 6.08 Å². The molecule has 0 radical (unpaired) electrons. The van der Waals surface area contributed by atoms with E-state index in [0.29, 0.717) is 0 Å². The molecular weight excluding hydrogens is 260 g/mol. The summed E-state index contributed by atoms with van der Waals surface area (Å²) in [5.74, 6) is -0.324. The Balaban J connectivity index is 2.46. The van der Waals surface area contributed by atoms with Gasteiger partial charge in [-0.2, -0.15) is 0 Å². The number of allylic oxidation sites excluding steroid dienone is 5. The molecule has 21 heavy (non-hydrogen) atoms. The Labute approximate surface area is 128 Å². The Kier molecular flexibility index (Phi) is 3.94. The van der Waals surface area contributed by atoms with Gasteiger partial charge in [0.25, 0.3) is 0 Å². The summed E-state index contributed by atoms with van der Waals surface area (Å²) < 4.78 is 0. The third-order valence-corrected chi connectivity index (χ3v) is 5.86. The lowest BCUT2D eigenvalue weighted by atomic mass is 9.78. The molecular formula is C19H28O2. The average Bonchev–Trinajstić information content (AvgIpc) is 2.64. The second kappa shape index (κ2) is 5.15. The lowest BCUT2D eigenvalue weighted by Gasteiger charge is -2.25. The van der Waals surface area contributed by atoms with E-state index in [2.05, 4.69) is 47.3 Å². The third-order valence-electron chi connectivity index (χ3n) is 5.86. The molecule has 2 heteroatoms. The van der Waals surface area contributed by atoms with Gasteiger partial charge >= 0.3 is 5.97 Å². The van der Waals surface area contributed by atoms with Crippen LogP contribution < -0.4 is 0 Å². The van der Waals surface area contributed by atoms with Crippen LogP contribution in [-0.2, 0) is 4.79 Å². The van der Waals surface area contributed by atoms with Gasteiger partial charge in [-0.3, -0.25) is 4.79 Å². The zero-order valence-electron chi connectivity index (χ0n) is 14.0. The molecule has 2 rings (SSSR count). The summed E-state index contributed by atoms with van der Waals surface area (Å²) in [5, 5.41) is 10.0. The number of aliphatic carboxylic acids is 1. The van der Waals surface area contributed by atoms with Gasteiger partial charge in [-0.25, -0.2) is 0 Å². The van der Waals surface area contributed by atoms with Crippen molar-refractivity contribution in [2.24, 2.45) is 22.7 Å². The molecule has 116 valence electrons. The van der Waals surface area contributed by atoms with Gasteiger partial charge in [-0.05, 0) is 51.4 Å². The maximum absolute atomic E-state index is 12.2. The zero-order chi connectivity index (χ0) is 16.0. The number of carbonyl (C=O) groups is 1. The van der Waals surface area contributed by atoms with Gasteiger partial charge in [0.2, 0.25) is 0 Å². The van der Waals surface area contributed by atoms with Crippen LogP contribution in [0.3, 0.4) is 0 Å². The highest BCUT2D eigenvalue weighted by Gasteiger charge is 2.77. The van der Waals surface area contributed by atoms with Crippen molar-refractivity contribution in [2.75, 3.05) is 0 Å². The van der Waals surface area contributed by atoms with Crippen molar-refractivity contribution in [3.63, 3.8) is 0 Å². The molecule has 2 aliphatic rings. The van der Waals surface area contributed by atoms with Gasteiger partial charge in [0, 0.05) is 5.92 Å². The lowest BCUT2D eigenvalue weighted by molar-refractivity contribution is -0.147. The molecule has 1 N–H and O–H groups in total. The van der Waals surface area contributed by atoms with Crippen LogP contribution in [-0.4, -0.2) is 11.1 Å². The summed E-state index contributed by atoms with van der Waals surface area (Å²) >= 11 is 0. The van der Waals surface area contributed by atoms with Gasteiger partial charge in [0.05, 0.1) is 5.41 Å². The predicted molar refractivity (Wildman–Crippen MR) is 87.0 cm³/mol. The highest BCUT2D eigenvalue weighted by Crippen LogP contribution is 2.76. The van der Waals surface area contributed by atoms with Crippen LogP contribution in [0.25, 0.3) is 0 Å². The van der Waals surface area contributed by atoms with Crippen LogP contribution in [0.5, 0.6) is 0 Å². The standard InChI is InChI=1S/C19H28O2/c1-7-8-14-9-10-15(13(14)4)19(17(20)21)16(11-12(2)3)18(19,5)6/h7,11,15-16H,1,8-10H2,2-6H3,(H,20,21)/t15-,16?,19-/m0/s1. The molecule has 3 atom stereocenters. The predicted octanol–water partition coefficient (Wildman–Crippen LogP) is 4.98. The first kappa shape index (κ1) is 16.1. The molecule has 0 amide bonds. The van der Waals surface area contributed by atoms with E-state index in [9.17, 15) is 9.90 Å². The van der Waals surface area contributed by atoms with E-state index in [1.54, 1.807) is 0 Å². The van der Waals surface area contributed by atoms with Crippen LogP contribution in [0.4, 0.5) is 0 Å². The Morgan fingerprint density at radius 3 is 2.52 bits per heavy atom.